The average Bonchev–Trinajstić information content (AvgIpc) is 2.25. The number of carbonyl (C=O) groups is 1. The molecule has 0 aliphatic rings. The zero-order chi connectivity index (χ0) is 15.3. The van der Waals surface area contributed by atoms with Gasteiger partial charge in [-0.05, 0) is 47.0 Å². The Balaban J connectivity index is 2.51. The van der Waals surface area contributed by atoms with Gasteiger partial charge >= 0.3 is 0 Å². The fourth-order valence-corrected chi connectivity index (χ4v) is 2.02. The summed E-state index contributed by atoms with van der Waals surface area (Å²) in [5, 5.41) is 12.5. The van der Waals surface area contributed by atoms with Gasteiger partial charge in [-0.15, -0.1) is 0 Å². The van der Waals surface area contributed by atoms with E-state index in [1.807, 2.05) is 6.92 Å². The lowest BCUT2D eigenvalue weighted by atomic mass is 10.00. The van der Waals surface area contributed by atoms with Crippen molar-refractivity contribution in [2.45, 2.75) is 58.6 Å². The first kappa shape index (κ1) is 16.4. The molecule has 1 heterocycles. The third kappa shape index (κ3) is 6.02. The molecule has 1 aromatic heterocycles. The van der Waals surface area contributed by atoms with Crippen LogP contribution in [0.25, 0.3) is 0 Å². The Hall–Kier alpha value is -1.62. The van der Waals surface area contributed by atoms with E-state index in [1.54, 1.807) is 20.8 Å². The van der Waals surface area contributed by atoms with E-state index in [-0.39, 0.29) is 23.1 Å². The molecule has 1 aromatic rings. The molecule has 1 atom stereocenters. The minimum Gasteiger partial charge on any atom is -0.390 e. The van der Waals surface area contributed by atoms with Gasteiger partial charge in [0.05, 0.1) is 5.60 Å². The fourth-order valence-electron chi connectivity index (χ4n) is 2.02. The molecule has 0 bridgehead atoms. The number of hydrogen-bond acceptors (Lipinski definition) is 3. The normalized spacial score (nSPS) is 13.1. The maximum atomic E-state index is 12.0. The van der Waals surface area contributed by atoms with Crippen LogP contribution in [0.3, 0.4) is 0 Å². The third-order valence-corrected chi connectivity index (χ3v) is 3.03. The van der Waals surface area contributed by atoms with Gasteiger partial charge in [0, 0.05) is 23.9 Å². The molecule has 112 valence electrons. The number of pyridine rings is 1. The molecule has 0 aromatic carbocycles. The molecule has 0 spiro atoms. The first-order valence-electron chi connectivity index (χ1n) is 6.91. The summed E-state index contributed by atoms with van der Waals surface area (Å²) >= 11 is 0. The van der Waals surface area contributed by atoms with E-state index >= 15 is 0 Å². The first-order valence-corrected chi connectivity index (χ1v) is 6.91. The van der Waals surface area contributed by atoms with E-state index in [0.29, 0.717) is 12.1 Å². The second-order valence-corrected chi connectivity index (χ2v) is 5.99. The number of carbonyl (C=O) groups excluding carboxylic acids is 1. The highest BCUT2D eigenvalue weighted by atomic mass is 16.3. The van der Waals surface area contributed by atoms with Gasteiger partial charge in [-0.1, -0.05) is 0 Å². The van der Waals surface area contributed by atoms with Gasteiger partial charge in [0.2, 0.25) is 0 Å². The van der Waals surface area contributed by atoms with E-state index in [1.165, 1.54) is 12.1 Å². The highest BCUT2D eigenvalue weighted by Gasteiger charge is 2.14. The maximum Gasteiger partial charge on any atom is 0.268 e. The summed E-state index contributed by atoms with van der Waals surface area (Å²) in [5.74, 6) is -0.276. The number of aromatic nitrogens is 1. The molecule has 5 heteroatoms. The van der Waals surface area contributed by atoms with Crippen molar-refractivity contribution < 1.29 is 9.90 Å². The van der Waals surface area contributed by atoms with Crippen molar-refractivity contribution in [3.63, 3.8) is 0 Å². The molecular weight excluding hydrogens is 256 g/mol. The molecule has 0 fully saturated rings. The number of amides is 1. The predicted molar refractivity (Wildman–Crippen MR) is 78.9 cm³/mol. The van der Waals surface area contributed by atoms with Gasteiger partial charge in [-0.2, -0.15) is 0 Å². The number of hydrogen-bond donors (Lipinski definition) is 3. The summed E-state index contributed by atoms with van der Waals surface area (Å²) in [6.07, 6.45) is 2.30. The quantitative estimate of drug-likeness (QED) is 0.742. The average molecular weight is 280 g/mol. The summed E-state index contributed by atoms with van der Waals surface area (Å²) in [5.41, 5.74) is 0.0913. The molecule has 3 N–H and O–H groups in total. The van der Waals surface area contributed by atoms with Crippen molar-refractivity contribution in [3.05, 3.63) is 33.7 Å². The van der Waals surface area contributed by atoms with Crippen LogP contribution in [0.5, 0.6) is 0 Å². The fraction of sp³-hybridized carbons (Fsp3) is 0.600. The lowest BCUT2D eigenvalue weighted by molar-refractivity contribution is 0.0674. The lowest BCUT2D eigenvalue weighted by Crippen LogP contribution is -2.34. The summed E-state index contributed by atoms with van der Waals surface area (Å²) in [6.45, 7) is 7.20. The maximum absolute atomic E-state index is 12.0. The Morgan fingerprint density at radius 3 is 2.65 bits per heavy atom. The van der Waals surface area contributed by atoms with Crippen LogP contribution >= 0.6 is 0 Å². The van der Waals surface area contributed by atoms with Gasteiger partial charge < -0.3 is 15.4 Å². The molecule has 5 nitrogen and oxygen atoms in total. The molecule has 0 saturated heterocycles. The van der Waals surface area contributed by atoms with Crippen molar-refractivity contribution in [2.75, 3.05) is 0 Å². The summed E-state index contributed by atoms with van der Waals surface area (Å²) < 4.78 is 0. The van der Waals surface area contributed by atoms with Crippen molar-refractivity contribution in [1.82, 2.24) is 10.3 Å². The zero-order valence-electron chi connectivity index (χ0n) is 12.6. The number of rotatable bonds is 6. The van der Waals surface area contributed by atoms with Crippen molar-refractivity contribution in [1.29, 1.82) is 0 Å². The van der Waals surface area contributed by atoms with Crippen LogP contribution in [0.2, 0.25) is 0 Å². The lowest BCUT2D eigenvalue weighted by Gasteiger charge is -2.19. The molecule has 0 aliphatic carbocycles. The van der Waals surface area contributed by atoms with Gasteiger partial charge in [0.15, 0.2) is 5.43 Å². The standard InChI is InChI=1S/C15H24N2O3/c1-10(6-5-7-15(3,4)20)17-14(19)13-9-12(18)8-11(2)16-13/h8-10,20H,5-7H2,1-4H3,(H,16,18)(H,17,19). The molecule has 1 rings (SSSR count). The number of aryl methyl sites for hydroxylation is 1. The molecule has 1 unspecified atom stereocenters. The van der Waals surface area contributed by atoms with Crippen LogP contribution in [0, 0.1) is 6.92 Å². The van der Waals surface area contributed by atoms with E-state index in [4.69, 9.17) is 0 Å². The summed E-state index contributed by atoms with van der Waals surface area (Å²) in [4.78, 5) is 26.2. The Morgan fingerprint density at radius 1 is 1.45 bits per heavy atom. The van der Waals surface area contributed by atoms with Gasteiger partial charge in [0.1, 0.15) is 5.69 Å². The predicted octanol–water partition coefficient (Wildman–Crippen LogP) is 1.74. The molecule has 20 heavy (non-hydrogen) atoms. The largest absolute Gasteiger partial charge is 0.390 e. The number of nitrogens with one attached hydrogen (secondary N) is 2. The van der Waals surface area contributed by atoms with E-state index in [9.17, 15) is 14.7 Å². The molecule has 0 radical (unpaired) electrons. The van der Waals surface area contributed by atoms with Crippen molar-refractivity contribution >= 4 is 5.91 Å². The Kier molecular flexibility index (Phi) is 5.51. The Labute approximate surface area is 119 Å². The van der Waals surface area contributed by atoms with Crippen molar-refractivity contribution in [3.8, 4) is 0 Å². The van der Waals surface area contributed by atoms with Crippen molar-refractivity contribution in [2.24, 2.45) is 0 Å². The minimum absolute atomic E-state index is 0.00568. The second kappa shape index (κ2) is 6.70. The second-order valence-electron chi connectivity index (χ2n) is 5.99. The molecular formula is C15H24N2O3. The number of H-pyrrole nitrogens is 1. The van der Waals surface area contributed by atoms with E-state index in [0.717, 1.165) is 12.8 Å². The highest BCUT2D eigenvalue weighted by Crippen LogP contribution is 2.13. The van der Waals surface area contributed by atoms with Crippen LogP contribution < -0.4 is 10.7 Å². The van der Waals surface area contributed by atoms with E-state index < -0.39 is 5.60 Å². The molecule has 0 aliphatic heterocycles. The highest BCUT2D eigenvalue weighted by molar-refractivity contribution is 5.92. The SMILES string of the molecule is Cc1cc(=O)cc(C(=O)NC(C)CCCC(C)(C)O)[nH]1. The van der Waals surface area contributed by atoms with E-state index in [2.05, 4.69) is 10.3 Å². The van der Waals surface area contributed by atoms with Crippen LogP contribution in [-0.4, -0.2) is 27.6 Å². The summed E-state index contributed by atoms with van der Waals surface area (Å²) in [7, 11) is 0. The monoisotopic (exact) mass is 280 g/mol. The van der Waals surface area contributed by atoms with Crippen LogP contribution in [0.15, 0.2) is 16.9 Å². The first-order chi connectivity index (χ1) is 9.17. The molecule has 1 amide bonds. The van der Waals surface area contributed by atoms with Crippen LogP contribution in [-0.2, 0) is 0 Å². The summed E-state index contributed by atoms with van der Waals surface area (Å²) in [6, 6.07) is 2.74. The smallest absolute Gasteiger partial charge is 0.268 e. The third-order valence-electron chi connectivity index (χ3n) is 3.03. The number of aromatic amines is 1. The zero-order valence-corrected chi connectivity index (χ0v) is 12.6. The van der Waals surface area contributed by atoms with Gasteiger partial charge in [0.25, 0.3) is 5.91 Å². The minimum atomic E-state index is -0.675. The molecule has 0 saturated carbocycles. The van der Waals surface area contributed by atoms with Gasteiger partial charge in [-0.25, -0.2) is 0 Å². The van der Waals surface area contributed by atoms with Crippen LogP contribution in [0.4, 0.5) is 0 Å². The Morgan fingerprint density at radius 2 is 2.10 bits per heavy atom. The van der Waals surface area contributed by atoms with Crippen LogP contribution in [0.1, 0.15) is 56.2 Å². The van der Waals surface area contributed by atoms with Gasteiger partial charge in [-0.3, -0.25) is 9.59 Å². The number of aliphatic hydroxyl groups is 1. The Bertz CT molecular complexity index is 515. The topological polar surface area (TPSA) is 82.2 Å².